The second-order valence-electron chi connectivity index (χ2n) is 6.29. The molecule has 0 aliphatic carbocycles. The normalized spacial score (nSPS) is 10.6. The predicted octanol–water partition coefficient (Wildman–Crippen LogP) is 7.46. The molecule has 0 N–H and O–H groups in total. The summed E-state index contributed by atoms with van der Waals surface area (Å²) in [6.45, 7) is 0. The van der Waals surface area contributed by atoms with Crippen LogP contribution < -0.4 is 4.74 Å². The van der Waals surface area contributed by atoms with Gasteiger partial charge in [-0.25, -0.2) is 0 Å². The van der Waals surface area contributed by atoms with Crippen molar-refractivity contribution in [2.75, 3.05) is 7.11 Å². The molecule has 0 saturated carbocycles. The number of hydrogen-bond acceptors (Lipinski definition) is 1. The van der Waals surface area contributed by atoms with Crippen LogP contribution in [0.4, 0.5) is 0 Å². The molecule has 0 saturated heterocycles. The lowest BCUT2D eigenvalue weighted by molar-refractivity contribution is 0.412. The highest BCUT2D eigenvalue weighted by Crippen LogP contribution is 2.48. The van der Waals surface area contributed by atoms with Gasteiger partial charge in [-0.15, -0.1) is 0 Å². The van der Waals surface area contributed by atoms with Crippen LogP contribution in [0.15, 0.2) is 102 Å². The number of benzene rings is 4. The SMILES string of the molecule is COc1cc(-c2ccccc2)c(-c2ccccc2)c(-c2ccccc2)c1Br. The Kier molecular flexibility index (Phi) is 5.08. The van der Waals surface area contributed by atoms with Crippen molar-refractivity contribution in [1.82, 2.24) is 0 Å². The molecule has 0 fully saturated rings. The predicted molar refractivity (Wildman–Crippen MR) is 117 cm³/mol. The molecule has 2 heteroatoms. The zero-order valence-corrected chi connectivity index (χ0v) is 16.6. The molecule has 0 amide bonds. The maximum atomic E-state index is 5.71. The molecule has 1 nitrogen and oxygen atoms in total. The minimum Gasteiger partial charge on any atom is -0.496 e. The summed E-state index contributed by atoms with van der Waals surface area (Å²) in [5.74, 6) is 0.826. The summed E-state index contributed by atoms with van der Waals surface area (Å²) >= 11 is 3.81. The van der Waals surface area contributed by atoms with Gasteiger partial charge in [-0.2, -0.15) is 0 Å². The number of halogens is 1. The monoisotopic (exact) mass is 414 g/mol. The molecule has 0 radical (unpaired) electrons. The van der Waals surface area contributed by atoms with Crippen LogP contribution in [-0.2, 0) is 0 Å². The summed E-state index contributed by atoms with van der Waals surface area (Å²) in [6.07, 6.45) is 0. The summed E-state index contributed by atoms with van der Waals surface area (Å²) in [5, 5.41) is 0. The van der Waals surface area contributed by atoms with Crippen molar-refractivity contribution >= 4 is 15.9 Å². The van der Waals surface area contributed by atoms with Crippen LogP contribution >= 0.6 is 15.9 Å². The average molecular weight is 415 g/mol. The molecule has 4 aromatic rings. The van der Waals surface area contributed by atoms with E-state index in [-0.39, 0.29) is 0 Å². The molecule has 0 heterocycles. The maximum Gasteiger partial charge on any atom is 0.134 e. The molecule has 0 atom stereocenters. The molecule has 132 valence electrons. The van der Waals surface area contributed by atoms with Crippen molar-refractivity contribution in [3.8, 4) is 39.1 Å². The minimum absolute atomic E-state index is 0.826. The van der Waals surface area contributed by atoms with E-state index in [2.05, 4.69) is 94.8 Å². The number of hydrogen-bond donors (Lipinski definition) is 0. The van der Waals surface area contributed by atoms with Gasteiger partial charge in [-0.3, -0.25) is 0 Å². The highest BCUT2D eigenvalue weighted by atomic mass is 79.9. The molecule has 0 aromatic heterocycles. The third-order valence-electron chi connectivity index (χ3n) is 4.66. The average Bonchev–Trinajstić information content (AvgIpc) is 2.75. The fourth-order valence-electron chi connectivity index (χ4n) is 3.41. The Balaban J connectivity index is 2.13. The Morgan fingerprint density at radius 2 is 1.04 bits per heavy atom. The summed E-state index contributed by atoms with van der Waals surface area (Å²) < 4.78 is 6.68. The van der Waals surface area contributed by atoms with Crippen molar-refractivity contribution in [3.63, 3.8) is 0 Å². The fraction of sp³-hybridized carbons (Fsp3) is 0.0400. The van der Waals surface area contributed by atoms with Crippen LogP contribution in [0.1, 0.15) is 0 Å². The smallest absolute Gasteiger partial charge is 0.134 e. The van der Waals surface area contributed by atoms with Crippen molar-refractivity contribution < 1.29 is 4.74 Å². The van der Waals surface area contributed by atoms with Crippen LogP contribution in [0.5, 0.6) is 5.75 Å². The topological polar surface area (TPSA) is 9.23 Å². The van der Waals surface area contributed by atoms with Crippen molar-refractivity contribution in [1.29, 1.82) is 0 Å². The van der Waals surface area contributed by atoms with Gasteiger partial charge in [-0.1, -0.05) is 91.0 Å². The Hall–Kier alpha value is -2.84. The van der Waals surface area contributed by atoms with E-state index in [1.54, 1.807) is 7.11 Å². The maximum absolute atomic E-state index is 5.71. The molecular weight excluding hydrogens is 396 g/mol. The Morgan fingerprint density at radius 1 is 0.593 bits per heavy atom. The Bertz CT molecular complexity index is 1040. The van der Waals surface area contributed by atoms with Gasteiger partial charge in [0.1, 0.15) is 5.75 Å². The number of rotatable bonds is 4. The molecule has 0 unspecified atom stereocenters. The lowest BCUT2D eigenvalue weighted by atomic mass is 9.87. The summed E-state index contributed by atoms with van der Waals surface area (Å²) in [4.78, 5) is 0. The quantitative estimate of drug-likeness (QED) is 0.336. The highest BCUT2D eigenvalue weighted by Gasteiger charge is 2.20. The zero-order chi connectivity index (χ0) is 18.6. The van der Waals surface area contributed by atoms with Gasteiger partial charge in [-0.05, 0) is 49.8 Å². The van der Waals surface area contributed by atoms with E-state index >= 15 is 0 Å². The van der Waals surface area contributed by atoms with E-state index in [9.17, 15) is 0 Å². The van der Waals surface area contributed by atoms with Crippen LogP contribution in [0.25, 0.3) is 33.4 Å². The van der Waals surface area contributed by atoms with Crippen LogP contribution in [0, 0.1) is 0 Å². The van der Waals surface area contributed by atoms with E-state index in [0.717, 1.165) is 26.9 Å². The molecule has 0 aliphatic rings. The lowest BCUT2D eigenvalue weighted by Crippen LogP contribution is -1.95. The molecule has 4 aromatic carbocycles. The molecule has 0 bridgehead atoms. The Labute approximate surface area is 168 Å². The van der Waals surface area contributed by atoms with Crippen molar-refractivity contribution in [2.24, 2.45) is 0 Å². The largest absolute Gasteiger partial charge is 0.496 e. The van der Waals surface area contributed by atoms with E-state index in [4.69, 9.17) is 4.74 Å². The third-order valence-corrected chi connectivity index (χ3v) is 5.45. The standard InChI is InChI=1S/C25H19BrO/c1-27-22-17-21(18-11-5-2-6-12-18)23(19-13-7-3-8-14-19)24(25(22)26)20-15-9-4-10-16-20/h2-17H,1H3. The van der Waals surface area contributed by atoms with E-state index in [0.29, 0.717) is 0 Å². The van der Waals surface area contributed by atoms with E-state index in [1.165, 1.54) is 16.7 Å². The molecular formula is C25H19BrO. The first-order chi connectivity index (χ1) is 13.3. The minimum atomic E-state index is 0.826. The van der Waals surface area contributed by atoms with Gasteiger partial charge >= 0.3 is 0 Å². The molecule has 27 heavy (non-hydrogen) atoms. The van der Waals surface area contributed by atoms with E-state index in [1.807, 2.05) is 18.2 Å². The number of ether oxygens (including phenoxy) is 1. The second kappa shape index (κ2) is 7.81. The fourth-order valence-corrected chi connectivity index (χ4v) is 4.11. The van der Waals surface area contributed by atoms with Crippen LogP contribution in [0.3, 0.4) is 0 Å². The van der Waals surface area contributed by atoms with Gasteiger partial charge in [0.05, 0.1) is 11.6 Å². The van der Waals surface area contributed by atoms with Crippen molar-refractivity contribution in [3.05, 3.63) is 102 Å². The first kappa shape index (κ1) is 17.6. The van der Waals surface area contributed by atoms with Crippen LogP contribution in [-0.4, -0.2) is 7.11 Å². The first-order valence-electron chi connectivity index (χ1n) is 8.86. The molecule has 0 aliphatic heterocycles. The van der Waals surface area contributed by atoms with Gasteiger partial charge in [0.15, 0.2) is 0 Å². The molecule has 0 spiro atoms. The van der Waals surface area contributed by atoms with Gasteiger partial charge in [0.25, 0.3) is 0 Å². The van der Waals surface area contributed by atoms with Crippen LogP contribution in [0.2, 0.25) is 0 Å². The Morgan fingerprint density at radius 3 is 1.52 bits per heavy atom. The first-order valence-corrected chi connectivity index (χ1v) is 9.65. The van der Waals surface area contributed by atoms with Gasteiger partial charge in [0.2, 0.25) is 0 Å². The number of methoxy groups -OCH3 is 1. The van der Waals surface area contributed by atoms with E-state index < -0.39 is 0 Å². The summed E-state index contributed by atoms with van der Waals surface area (Å²) in [6, 6.07) is 33.6. The second-order valence-corrected chi connectivity index (χ2v) is 7.08. The highest BCUT2D eigenvalue weighted by molar-refractivity contribution is 9.10. The lowest BCUT2D eigenvalue weighted by Gasteiger charge is -2.20. The zero-order valence-electron chi connectivity index (χ0n) is 15.0. The third kappa shape index (κ3) is 3.41. The van der Waals surface area contributed by atoms with Gasteiger partial charge < -0.3 is 4.74 Å². The van der Waals surface area contributed by atoms with Crippen molar-refractivity contribution in [2.45, 2.75) is 0 Å². The summed E-state index contributed by atoms with van der Waals surface area (Å²) in [7, 11) is 1.71. The molecule has 4 rings (SSSR count). The van der Waals surface area contributed by atoms with Gasteiger partial charge in [0, 0.05) is 5.56 Å². The summed E-state index contributed by atoms with van der Waals surface area (Å²) in [5.41, 5.74) is 6.98.